The number of primary amides is 1. The van der Waals surface area contributed by atoms with Crippen molar-refractivity contribution in [2.45, 2.75) is 0 Å². The van der Waals surface area contributed by atoms with E-state index in [9.17, 15) is 9.18 Å². The SMILES string of the molecule is NC(=O)CNc1ccc(F)cc1C(N)=S. The monoisotopic (exact) mass is 227 g/mol. The van der Waals surface area contributed by atoms with Crippen molar-refractivity contribution in [2.75, 3.05) is 11.9 Å². The van der Waals surface area contributed by atoms with E-state index in [0.717, 1.165) is 0 Å². The van der Waals surface area contributed by atoms with Crippen LogP contribution in [0.2, 0.25) is 0 Å². The molecule has 1 aromatic rings. The minimum Gasteiger partial charge on any atom is -0.389 e. The van der Waals surface area contributed by atoms with Crippen LogP contribution in [0.3, 0.4) is 0 Å². The maximum Gasteiger partial charge on any atom is 0.236 e. The van der Waals surface area contributed by atoms with Crippen molar-refractivity contribution in [3.63, 3.8) is 0 Å². The Balaban J connectivity index is 2.95. The Bertz CT molecular complexity index is 408. The van der Waals surface area contributed by atoms with E-state index in [4.69, 9.17) is 23.7 Å². The van der Waals surface area contributed by atoms with Gasteiger partial charge in [-0.25, -0.2) is 4.39 Å². The van der Waals surface area contributed by atoms with E-state index in [-0.39, 0.29) is 11.5 Å². The van der Waals surface area contributed by atoms with Crippen LogP contribution in [0.15, 0.2) is 18.2 Å². The molecule has 0 fully saturated rings. The number of hydrogen-bond donors (Lipinski definition) is 3. The van der Waals surface area contributed by atoms with Gasteiger partial charge in [0.05, 0.1) is 6.54 Å². The van der Waals surface area contributed by atoms with E-state index in [1.807, 2.05) is 0 Å². The molecule has 0 aliphatic carbocycles. The second-order valence-electron chi connectivity index (χ2n) is 2.87. The average Bonchev–Trinajstić information content (AvgIpc) is 2.15. The van der Waals surface area contributed by atoms with Gasteiger partial charge in [-0.2, -0.15) is 0 Å². The molecule has 80 valence electrons. The first-order chi connectivity index (χ1) is 7.00. The van der Waals surface area contributed by atoms with Crippen molar-refractivity contribution in [1.82, 2.24) is 0 Å². The molecule has 4 nitrogen and oxygen atoms in total. The van der Waals surface area contributed by atoms with Crippen molar-refractivity contribution in [2.24, 2.45) is 11.5 Å². The molecule has 0 heterocycles. The molecule has 15 heavy (non-hydrogen) atoms. The zero-order valence-electron chi connectivity index (χ0n) is 7.79. The molecule has 1 rings (SSSR count). The Labute approximate surface area is 91.4 Å². The highest BCUT2D eigenvalue weighted by atomic mass is 32.1. The second kappa shape index (κ2) is 4.70. The lowest BCUT2D eigenvalue weighted by Gasteiger charge is -2.09. The molecule has 5 N–H and O–H groups in total. The van der Waals surface area contributed by atoms with Gasteiger partial charge in [-0.15, -0.1) is 0 Å². The quantitative estimate of drug-likeness (QED) is 0.649. The Kier molecular flexibility index (Phi) is 3.56. The van der Waals surface area contributed by atoms with Crippen LogP contribution in [0.1, 0.15) is 5.56 Å². The number of nitrogens with two attached hydrogens (primary N) is 2. The number of anilines is 1. The molecule has 0 aliphatic heterocycles. The Morgan fingerprint density at radius 3 is 2.67 bits per heavy atom. The first-order valence-corrected chi connectivity index (χ1v) is 4.53. The van der Waals surface area contributed by atoms with E-state index in [1.54, 1.807) is 0 Å². The maximum atomic E-state index is 12.9. The van der Waals surface area contributed by atoms with E-state index in [2.05, 4.69) is 5.32 Å². The number of carbonyl (C=O) groups excluding carboxylic acids is 1. The fourth-order valence-electron chi connectivity index (χ4n) is 1.06. The molecule has 0 unspecified atom stereocenters. The molecule has 0 saturated carbocycles. The lowest BCUT2D eigenvalue weighted by Crippen LogP contribution is -2.23. The fraction of sp³-hybridized carbons (Fsp3) is 0.111. The minimum absolute atomic E-state index is 0.0543. The zero-order valence-corrected chi connectivity index (χ0v) is 8.60. The van der Waals surface area contributed by atoms with Gasteiger partial charge in [-0.3, -0.25) is 4.79 Å². The van der Waals surface area contributed by atoms with Gasteiger partial charge in [0, 0.05) is 11.3 Å². The van der Waals surface area contributed by atoms with Gasteiger partial charge in [0.2, 0.25) is 5.91 Å². The summed E-state index contributed by atoms with van der Waals surface area (Å²) in [4.78, 5) is 10.6. The Morgan fingerprint density at radius 1 is 1.47 bits per heavy atom. The molecule has 1 amide bonds. The Morgan fingerprint density at radius 2 is 2.13 bits per heavy atom. The summed E-state index contributed by atoms with van der Waals surface area (Å²) in [6.45, 7) is -0.0543. The van der Waals surface area contributed by atoms with Crippen LogP contribution in [0.25, 0.3) is 0 Å². The summed E-state index contributed by atoms with van der Waals surface area (Å²) in [6, 6.07) is 3.89. The third-order valence-corrected chi connectivity index (χ3v) is 1.92. The van der Waals surface area contributed by atoms with Gasteiger partial charge in [-0.05, 0) is 18.2 Å². The standard InChI is InChI=1S/C9H10FN3OS/c10-5-1-2-7(13-4-8(11)14)6(3-5)9(12)15/h1-3,13H,4H2,(H2,11,14)(H2,12,15). The van der Waals surface area contributed by atoms with Gasteiger partial charge in [0.1, 0.15) is 10.8 Å². The van der Waals surface area contributed by atoms with Crippen LogP contribution in [-0.4, -0.2) is 17.4 Å². The van der Waals surface area contributed by atoms with Crippen molar-refractivity contribution < 1.29 is 9.18 Å². The van der Waals surface area contributed by atoms with Crippen LogP contribution in [0.5, 0.6) is 0 Å². The summed E-state index contributed by atoms with van der Waals surface area (Å²) in [5, 5.41) is 2.71. The van der Waals surface area contributed by atoms with Crippen LogP contribution in [0, 0.1) is 5.82 Å². The summed E-state index contributed by atoms with van der Waals surface area (Å²) >= 11 is 4.74. The molecule has 0 spiro atoms. The molecule has 0 aliphatic rings. The number of thiocarbonyl (C=S) groups is 1. The molecule has 0 radical (unpaired) electrons. The van der Waals surface area contributed by atoms with Gasteiger partial charge >= 0.3 is 0 Å². The van der Waals surface area contributed by atoms with Crippen LogP contribution in [0.4, 0.5) is 10.1 Å². The normalized spacial score (nSPS) is 9.67. The number of nitrogens with one attached hydrogen (secondary N) is 1. The third-order valence-electron chi connectivity index (χ3n) is 1.70. The summed E-state index contributed by atoms with van der Waals surface area (Å²) in [7, 11) is 0. The number of carbonyl (C=O) groups is 1. The molecular weight excluding hydrogens is 217 g/mol. The maximum absolute atomic E-state index is 12.9. The highest BCUT2D eigenvalue weighted by molar-refractivity contribution is 7.80. The van der Waals surface area contributed by atoms with Gasteiger partial charge in [-0.1, -0.05) is 12.2 Å². The minimum atomic E-state index is -0.520. The second-order valence-corrected chi connectivity index (χ2v) is 3.31. The number of hydrogen-bond acceptors (Lipinski definition) is 3. The molecule has 0 saturated heterocycles. The summed E-state index contributed by atoms with van der Waals surface area (Å²) in [6.07, 6.45) is 0. The molecule has 6 heteroatoms. The summed E-state index contributed by atoms with van der Waals surface area (Å²) in [5.74, 6) is -0.962. The summed E-state index contributed by atoms with van der Waals surface area (Å²) < 4.78 is 12.9. The first-order valence-electron chi connectivity index (χ1n) is 4.12. The molecular formula is C9H10FN3OS. The molecule has 0 bridgehead atoms. The predicted molar refractivity (Wildman–Crippen MR) is 60.0 cm³/mol. The van der Waals surface area contributed by atoms with Crippen molar-refractivity contribution in [1.29, 1.82) is 0 Å². The predicted octanol–water partition coefficient (Wildman–Crippen LogP) is 0.357. The fourth-order valence-corrected chi connectivity index (χ4v) is 1.23. The molecule has 0 atom stereocenters. The van der Waals surface area contributed by atoms with Crippen molar-refractivity contribution >= 4 is 28.8 Å². The molecule has 1 aromatic carbocycles. The average molecular weight is 227 g/mol. The van der Waals surface area contributed by atoms with Gasteiger partial charge < -0.3 is 16.8 Å². The van der Waals surface area contributed by atoms with E-state index in [0.29, 0.717) is 11.3 Å². The van der Waals surface area contributed by atoms with Crippen LogP contribution < -0.4 is 16.8 Å². The van der Waals surface area contributed by atoms with Crippen molar-refractivity contribution in [3.8, 4) is 0 Å². The lowest BCUT2D eigenvalue weighted by atomic mass is 10.1. The van der Waals surface area contributed by atoms with Crippen LogP contribution in [-0.2, 0) is 4.79 Å². The number of rotatable bonds is 4. The lowest BCUT2D eigenvalue weighted by molar-refractivity contribution is -0.116. The zero-order chi connectivity index (χ0) is 11.4. The topological polar surface area (TPSA) is 81.1 Å². The van der Waals surface area contributed by atoms with Crippen LogP contribution >= 0.6 is 12.2 Å². The number of benzene rings is 1. The van der Waals surface area contributed by atoms with Gasteiger partial charge in [0.25, 0.3) is 0 Å². The first kappa shape index (κ1) is 11.4. The highest BCUT2D eigenvalue weighted by Crippen LogP contribution is 2.16. The Hall–Kier alpha value is -1.69. The van der Waals surface area contributed by atoms with E-state index in [1.165, 1.54) is 18.2 Å². The third kappa shape index (κ3) is 3.17. The van der Waals surface area contributed by atoms with Gasteiger partial charge in [0.15, 0.2) is 0 Å². The van der Waals surface area contributed by atoms with E-state index < -0.39 is 11.7 Å². The van der Waals surface area contributed by atoms with Crippen molar-refractivity contribution in [3.05, 3.63) is 29.6 Å². The summed E-state index contributed by atoms with van der Waals surface area (Å²) in [5.41, 5.74) is 11.2. The largest absolute Gasteiger partial charge is 0.389 e. The number of halogens is 1. The molecule has 0 aromatic heterocycles. The van der Waals surface area contributed by atoms with E-state index >= 15 is 0 Å². The smallest absolute Gasteiger partial charge is 0.236 e. The number of amides is 1. The highest BCUT2D eigenvalue weighted by Gasteiger charge is 2.06.